The second kappa shape index (κ2) is 9.68. The number of rotatable bonds is 9. The Morgan fingerprint density at radius 2 is 1.81 bits per heavy atom. The molecule has 2 rings (SSSR count). The Hall–Kier alpha value is -1.93. The molecule has 3 N–H and O–H groups in total. The summed E-state index contributed by atoms with van der Waals surface area (Å²) in [5.74, 6) is -0.0528. The van der Waals surface area contributed by atoms with E-state index in [1.807, 2.05) is 0 Å². The van der Waals surface area contributed by atoms with Crippen molar-refractivity contribution in [3.63, 3.8) is 0 Å². The average Bonchev–Trinajstić information content (AvgIpc) is 3.11. The molecule has 8 heteroatoms. The summed E-state index contributed by atoms with van der Waals surface area (Å²) in [4.78, 5) is 23.4. The maximum absolute atomic E-state index is 11.7. The molecule has 1 aromatic carbocycles. The van der Waals surface area contributed by atoms with Crippen molar-refractivity contribution in [3.8, 4) is 0 Å². The zero-order valence-corrected chi connectivity index (χ0v) is 15.6. The van der Waals surface area contributed by atoms with E-state index in [2.05, 4.69) is 5.32 Å². The first-order valence-corrected chi connectivity index (χ1v) is 10.4. The highest BCUT2D eigenvalue weighted by Gasteiger charge is 2.17. The van der Waals surface area contributed by atoms with Crippen molar-refractivity contribution in [1.29, 1.82) is 0 Å². The van der Waals surface area contributed by atoms with Gasteiger partial charge in [-0.15, -0.1) is 0 Å². The maximum atomic E-state index is 11.7. The fraction of sp³-hybridized carbons (Fsp3) is 0.556. The molecular formula is C18H26N2O5S. The molecule has 0 atom stereocenters. The molecule has 0 saturated heterocycles. The topological polar surface area (TPSA) is 116 Å². The molecule has 1 aliphatic rings. The van der Waals surface area contributed by atoms with E-state index in [4.69, 9.17) is 9.88 Å². The normalized spacial score (nSPS) is 15.0. The lowest BCUT2D eigenvalue weighted by Crippen LogP contribution is -2.30. The van der Waals surface area contributed by atoms with E-state index < -0.39 is 10.0 Å². The molecule has 7 nitrogen and oxygen atoms in total. The lowest BCUT2D eigenvalue weighted by atomic mass is 10.0. The fourth-order valence-electron chi connectivity index (χ4n) is 3.08. The van der Waals surface area contributed by atoms with Gasteiger partial charge in [-0.3, -0.25) is 9.59 Å². The van der Waals surface area contributed by atoms with Gasteiger partial charge in [0.1, 0.15) is 0 Å². The molecule has 1 saturated carbocycles. The summed E-state index contributed by atoms with van der Waals surface area (Å²) in [7, 11) is -3.70. The third-order valence-corrected chi connectivity index (χ3v) is 5.51. The van der Waals surface area contributed by atoms with Crippen LogP contribution in [-0.4, -0.2) is 33.4 Å². The third kappa shape index (κ3) is 7.13. The summed E-state index contributed by atoms with van der Waals surface area (Å²) >= 11 is 0. The van der Waals surface area contributed by atoms with E-state index in [0.29, 0.717) is 25.3 Å². The van der Waals surface area contributed by atoms with Crippen molar-refractivity contribution < 1.29 is 22.7 Å². The van der Waals surface area contributed by atoms with Gasteiger partial charge in [0.15, 0.2) is 6.61 Å². The third-order valence-electron chi connectivity index (χ3n) is 4.58. The second-order valence-electron chi connectivity index (χ2n) is 6.64. The molecule has 0 radical (unpaired) electrons. The van der Waals surface area contributed by atoms with Crippen LogP contribution in [0.4, 0.5) is 0 Å². The molecule has 0 spiro atoms. The number of sulfonamides is 1. The Balaban J connectivity index is 1.60. The minimum absolute atomic E-state index is 0.0507. The predicted molar refractivity (Wildman–Crippen MR) is 96.7 cm³/mol. The van der Waals surface area contributed by atoms with Crippen molar-refractivity contribution in [2.24, 2.45) is 11.1 Å². The summed E-state index contributed by atoms with van der Waals surface area (Å²) in [5, 5.41) is 7.70. The molecule has 144 valence electrons. The van der Waals surface area contributed by atoms with E-state index in [0.717, 1.165) is 12.0 Å². The first-order valence-electron chi connectivity index (χ1n) is 8.88. The quantitative estimate of drug-likeness (QED) is 0.628. The van der Waals surface area contributed by atoms with Gasteiger partial charge in [0.2, 0.25) is 10.0 Å². The number of nitrogens with one attached hydrogen (secondary N) is 1. The van der Waals surface area contributed by atoms with Crippen LogP contribution in [0.25, 0.3) is 0 Å². The molecule has 1 aliphatic carbocycles. The number of amides is 1. The van der Waals surface area contributed by atoms with E-state index in [-0.39, 0.29) is 23.4 Å². The summed E-state index contributed by atoms with van der Waals surface area (Å²) in [6.07, 6.45) is 6.60. The van der Waals surface area contributed by atoms with Crippen LogP contribution in [0.15, 0.2) is 29.2 Å². The van der Waals surface area contributed by atoms with E-state index in [9.17, 15) is 18.0 Å². The Morgan fingerprint density at radius 1 is 1.15 bits per heavy atom. The average molecular weight is 382 g/mol. The Kier molecular flexibility index (Phi) is 7.59. The van der Waals surface area contributed by atoms with Crippen molar-refractivity contribution in [2.45, 2.75) is 49.8 Å². The van der Waals surface area contributed by atoms with Gasteiger partial charge >= 0.3 is 5.97 Å². The van der Waals surface area contributed by atoms with Gasteiger partial charge in [0.25, 0.3) is 5.91 Å². The van der Waals surface area contributed by atoms with Gasteiger partial charge in [-0.25, -0.2) is 13.6 Å². The van der Waals surface area contributed by atoms with Gasteiger partial charge < -0.3 is 10.1 Å². The van der Waals surface area contributed by atoms with Crippen LogP contribution < -0.4 is 10.5 Å². The second-order valence-corrected chi connectivity index (χ2v) is 8.20. The van der Waals surface area contributed by atoms with Gasteiger partial charge in [0, 0.05) is 13.0 Å². The number of carbonyl (C=O) groups excluding carboxylic acids is 2. The van der Waals surface area contributed by atoms with Crippen LogP contribution in [0, 0.1) is 5.92 Å². The Bertz CT molecular complexity index is 710. The number of primary sulfonamides is 1. The van der Waals surface area contributed by atoms with Crippen LogP contribution >= 0.6 is 0 Å². The van der Waals surface area contributed by atoms with E-state index in [1.54, 1.807) is 12.1 Å². The van der Waals surface area contributed by atoms with Crippen LogP contribution in [0.5, 0.6) is 0 Å². The summed E-state index contributed by atoms with van der Waals surface area (Å²) in [6.45, 7) is 0.0982. The lowest BCUT2D eigenvalue weighted by molar-refractivity contribution is -0.148. The minimum Gasteiger partial charge on any atom is -0.456 e. The van der Waals surface area contributed by atoms with Crippen LogP contribution in [0.2, 0.25) is 0 Å². The molecule has 0 heterocycles. The minimum atomic E-state index is -3.70. The largest absolute Gasteiger partial charge is 0.456 e. The number of ether oxygens (including phenoxy) is 1. The summed E-state index contributed by atoms with van der Waals surface area (Å²) in [5.41, 5.74) is 0.867. The van der Waals surface area contributed by atoms with Gasteiger partial charge in [-0.05, 0) is 36.5 Å². The van der Waals surface area contributed by atoms with E-state index >= 15 is 0 Å². The molecule has 1 amide bonds. The molecule has 0 aromatic heterocycles. The smallest absolute Gasteiger partial charge is 0.306 e. The van der Waals surface area contributed by atoms with Gasteiger partial charge in [-0.2, -0.15) is 0 Å². The standard InChI is InChI=1S/C18H26N2O5S/c19-26(23,24)16-8-5-15(6-9-16)11-12-20-17(21)13-25-18(22)10-7-14-3-1-2-4-14/h5-6,8-9,14H,1-4,7,10-13H2,(H,20,21)(H2,19,23,24). The number of nitrogens with two attached hydrogens (primary N) is 1. The number of hydrogen-bond donors (Lipinski definition) is 2. The van der Waals surface area contributed by atoms with Gasteiger partial charge in [0.05, 0.1) is 4.90 Å². The Morgan fingerprint density at radius 3 is 2.42 bits per heavy atom. The maximum Gasteiger partial charge on any atom is 0.306 e. The molecule has 0 aliphatic heterocycles. The highest BCUT2D eigenvalue weighted by molar-refractivity contribution is 7.89. The van der Waals surface area contributed by atoms with Gasteiger partial charge in [-0.1, -0.05) is 37.8 Å². The van der Waals surface area contributed by atoms with Crippen molar-refractivity contribution in [3.05, 3.63) is 29.8 Å². The molecular weight excluding hydrogens is 356 g/mol. The Labute approximate surface area is 154 Å². The van der Waals surface area contributed by atoms with Crippen molar-refractivity contribution in [1.82, 2.24) is 5.32 Å². The predicted octanol–water partition coefficient (Wildman–Crippen LogP) is 1.51. The number of hydrogen-bond acceptors (Lipinski definition) is 5. The van der Waals surface area contributed by atoms with Crippen LogP contribution in [0.3, 0.4) is 0 Å². The fourth-order valence-corrected chi connectivity index (χ4v) is 3.60. The van der Waals surface area contributed by atoms with Crippen LogP contribution in [0.1, 0.15) is 44.1 Å². The monoisotopic (exact) mass is 382 g/mol. The highest BCUT2D eigenvalue weighted by Crippen LogP contribution is 2.28. The van der Waals surface area contributed by atoms with Crippen molar-refractivity contribution in [2.75, 3.05) is 13.2 Å². The SMILES string of the molecule is NS(=O)(=O)c1ccc(CCNC(=O)COC(=O)CCC2CCCC2)cc1. The molecule has 0 unspecified atom stereocenters. The highest BCUT2D eigenvalue weighted by atomic mass is 32.2. The first kappa shape index (κ1) is 20.4. The first-order chi connectivity index (χ1) is 12.3. The zero-order valence-electron chi connectivity index (χ0n) is 14.8. The molecule has 0 bridgehead atoms. The lowest BCUT2D eigenvalue weighted by Gasteiger charge is -2.09. The van der Waals surface area contributed by atoms with Crippen molar-refractivity contribution >= 4 is 21.9 Å². The zero-order chi connectivity index (χ0) is 19.0. The van der Waals surface area contributed by atoms with Crippen LogP contribution in [-0.2, 0) is 30.8 Å². The number of esters is 1. The van der Waals surface area contributed by atoms with E-state index in [1.165, 1.54) is 37.8 Å². The molecule has 1 fully saturated rings. The number of benzene rings is 1. The molecule has 26 heavy (non-hydrogen) atoms. The summed E-state index contributed by atoms with van der Waals surface area (Å²) in [6, 6.07) is 6.15. The molecule has 1 aromatic rings. The number of carbonyl (C=O) groups is 2. The summed E-state index contributed by atoms with van der Waals surface area (Å²) < 4.78 is 27.3.